The number of hydrogen-bond donors (Lipinski definition) is 0. The average molecular weight is 426 g/mol. The monoisotopic (exact) mass is 425 g/mol. The van der Waals surface area contributed by atoms with Gasteiger partial charge >= 0.3 is 0 Å². The first-order chi connectivity index (χ1) is 15.0. The van der Waals surface area contributed by atoms with Gasteiger partial charge in [0.25, 0.3) is 5.91 Å². The molecule has 2 aromatic rings. The second kappa shape index (κ2) is 10.7. The fourth-order valence-electron chi connectivity index (χ4n) is 3.68. The van der Waals surface area contributed by atoms with Crippen molar-refractivity contribution in [2.75, 3.05) is 44.7 Å². The van der Waals surface area contributed by atoms with Crippen molar-refractivity contribution >= 4 is 17.5 Å². The van der Waals surface area contributed by atoms with Gasteiger partial charge in [-0.15, -0.1) is 0 Å². The van der Waals surface area contributed by atoms with Crippen LogP contribution in [0, 0.1) is 0 Å². The van der Waals surface area contributed by atoms with Gasteiger partial charge in [0, 0.05) is 63.3 Å². The maximum atomic E-state index is 12.9. The third kappa shape index (κ3) is 5.71. The highest BCUT2D eigenvalue weighted by Crippen LogP contribution is 2.21. The number of amides is 2. The van der Waals surface area contributed by atoms with E-state index in [4.69, 9.17) is 4.74 Å². The molecule has 0 saturated carbocycles. The van der Waals surface area contributed by atoms with Crippen LogP contribution in [0.5, 0.6) is 5.75 Å². The van der Waals surface area contributed by atoms with Gasteiger partial charge in [-0.3, -0.25) is 14.6 Å². The standard InChI is InChI=1S/C23H31N5O3/c1-4-18(2)28(23(30)21-17-24-10-11-25-21)12-9-22(29)27-15-13-26(14-16-27)19-5-7-20(31-3)8-6-19/h5-8,10-11,17-18H,4,9,12-16H2,1-3H3. The van der Waals surface area contributed by atoms with Crippen LogP contribution in [0.25, 0.3) is 0 Å². The van der Waals surface area contributed by atoms with Crippen LogP contribution in [0.4, 0.5) is 5.69 Å². The largest absolute Gasteiger partial charge is 0.497 e. The fraction of sp³-hybridized carbons (Fsp3) is 0.478. The van der Waals surface area contributed by atoms with E-state index in [0.717, 1.165) is 30.9 Å². The Morgan fingerprint density at radius 1 is 1.13 bits per heavy atom. The lowest BCUT2D eigenvalue weighted by molar-refractivity contribution is -0.131. The molecule has 1 saturated heterocycles. The molecule has 0 N–H and O–H groups in total. The zero-order valence-electron chi connectivity index (χ0n) is 18.5. The molecule has 8 nitrogen and oxygen atoms in total. The molecule has 0 radical (unpaired) electrons. The molecule has 0 bridgehead atoms. The number of rotatable bonds is 8. The molecule has 1 aromatic carbocycles. The summed E-state index contributed by atoms with van der Waals surface area (Å²) in [5, 5.41) is 0. The van der Waals surface area contributed by atoms with Crippen LogP contribution < -0.4 is 9.64 Å². The normalized spacial score (nSPS) is 14.8. The van der Waals surface area contributed by atoms with Gasteiger partial charge in [-0.1, -0.05) is 6.92 Å². The van der Waals surface area contributed by atoms with Crippen molar-refractivity contribution in [2.45, 2.75) is 32.7 Å². The Labute approximate surface area is 183 Å². The second-order valence-electron chi connectivity index (χ2n) is 7.66. The van der Waals surface area contributed by atoms with Gasteiger partial charge in [0.2, 0.25) is 5.91 Å². The van der Waals surface area contributed by atoms with Crippen molar-refractivity contribution in [1.29, 1.82) is 0 Å². The molecule has 1 aliphatic heterocycles. The minimum Gasteiger partial charge on any atom is -0.497 e. The highest BCUT2D eigenvalue weighted by atomic mass is 16.5. The molecule has 1 atom stereocenters. The van der Waals surface area contributed by atoms with Gasteiger partial charge in [0.05, 0.1) is 13.3 Å². The lowest BCUT2D eigenvalue weighted by Crippen LogP contribution is -2.49. The van der Waals surface area contributed by atoms with Gasteiger partial charge in [0.1, 0.15) is 11.4 Å². The van der Waals surface area contributed by atoms with Crippen LogP contribution in [0.15, 0.2) is 42.9 Å². The Kier molecular flexibility index (Phi) is 7.81. The van der Waals surface area contributed by atoms with E-state index in [-0.39, 0.29) is 17.9 Å². The number of methoxy groups -OCH3 is 1. The third-order valence-electron chi connectivity index (χ3n) is 5.80. The van der Waals surface area contributed by atoms with Crippen LogP contribution >= 0.6 is 0 Å². The molecule has 2 amide bonds. The van der Waals surface area contributed by atoms with E-state index < -0.39 is 0 Å². The number of carbonyl (C=O) groups is 2. The third-order valence-corrected chi connectivity index (χ3v) is 5.80. The predicted molar refractivity (Wildman–Crippen MR) is 119 cm³/mol. The summed E-state index contributed by atoms with van der Waals surface area (Å²) in [5.41, 5.74) is 1.44. The molecule has 0 aliphatic carbocycles. The van der Waals surface area contributed by atoms with E-state index >= 15 is 0 Å². The molecule has 3 rings (SSSR count). The summed E-state index contributed by atoms with van der Waals surface area (Å²) in [7, 11) is 1.66. The minimum absolute atomic E-state index is 0.0224. The molecule has 1 aromatic heterocycles. The quantitative estimate of drug-likeness (QED) is 0.647. The summed E-state index contributed by atoms with van der Waals surface area (Å²) in [6.07, 6.45) is 5.63. The molecule has 1 unspecified atom stereocenters. The van der Waals surface area contributed by atoms with E-state index in [1.807, 2.05) is 43.0 Å². The molecule has 8 heteroatoms. The molecule has 31 heavy (non-hydrogen) atoms. The highest BCUT2D eigenvalue weighted by Gasteiger charge is 2.25. The van der Waals surface area contributed by atoms with Gasteiger partial charge in [-0.2, -0.15) is 0 Å². The highest BCUT2D eigenvalue weighted by molar-refractivity contribution is 5.92. The van der Waals surface area contributed by atoms with Crippen molar-refractivity contribution in [2.24, 2.45) is 0 Å². The minimum atomic E-state index is -0.181. The van der Waals surface area contributed by atoms with Crippen LogP contribution in [0.3, 0.4) is 0 Å². The average Bonchev–Trinajstić information content (AvgIpc) is 2.84. The number of carbonyl (C=O) groups excluding carboxylic acids is 2. The van der Waals surface area contributed by atoms with E-state index in [1.54, 1.807) is 18.2 Å². The van der Waals surface area contributed by atoms with Crippen LogP contribution in [-0.4, -0.2) is 77.5 Å². The van der Waals surface area contributed by atoms with E-state index in [2.05, 4.69) is 14.9 Å². The summed E-state index contributed by atoms with van der Waals surface area (Å²) in [5.74, 6) is 0.730. The molecule has 1 aliphatic rings. The van der Waals surface area contributed by atoms with Crippen molar-refractivity contribution in [1.82, 2.24) is 19.8 Å². The summed E-state index contributed by atoms with van der Waals surface area (Å²) < 4.78 is 5.21. The number of hydrogen-bond acceptors (Lipinski definition) is 6. The van der Waals surface area contributed by atoms with Gasteiger partial charge in [-0.25, -0.2) is 4.98 Å². The van der Waals surface area contributed by atoms with Crippen LogP contribution in [0.2, 0.25) is 0 Å². The number of nitrogens with zero attached hydrogens (tertiary/aromatic N) is 5. The lowest BCUT2D eigenvalue weighted by atomic mass is 10.1. The Balaban J connectivity index is 1.53. The number of piperazine rings is 1. The van der Waals surface area contributed by atoms with E-state index in [0.29, 0.717) is 31.7 Å². The van der Waals surface area contributed by atoms with Crippen LogP contribution in [0.1, 0.15) is 37.2 Å². The first kappa shape index (κ1) is 22.5. The smallest absolute Gasteiger partial charge is 0.274 e. The Bertz CT molecular complexity index is 851. The number of ether oxygens (including phenoxy) is 1. The zero-order valence-corrected chi connectivity index (χ0v) is 18.5. The molecule has 2 heterocycles. The molecule has 1 fully saturated rings. The SMILES string of the molecule is CCC(C)N(CCC(=O)N1CCN(c2ccc(OC)cc2)CC1)C(=O)c1cnccn1. The first-order valence-corrected chi connectivity index (χ1v) is 10.8. The molecule has 166 valence electrons. The first-order valence-electron chi connectivity index (χ1n) is 10.8. The summed E-state index contributed by atoms with van der Waals surface area (Å²) in [6, 6.07) is 8.00. The second-order valence-corrected chi connectivity index (χ2v) is 7.66. The maximum Gasteiger partial charge on any atom is 0.274 e. The van der Waals surface area contributed by atoms with Gasteiger partial charge in [0.15, 0.2) is 0 Å². The Morgan fingerprint density at radius 3 is 2.42 bits per heavy atom. The Hall–Kier alpha value is -3.16. The topological polar surface area (TPSA) is 78.9 Å². The number of aromatic nitrogens is 2. The Morgan fingerprint density at radius 2 is 1.84 bits per heavy atom. The summed E-state index contributed by atoms with van der Waals surface area (Å²) in [4.78, 5) is 39.7. The van der Waals surface area contributed by atoms with Crippen molar-refractivity contribution in [3.05, 3.63) is 48.5 Å². The molecule has 0 spiro atoms. The fourth-order valence-corrected chi connectivity index (χ4v) is 3.68. The number of benzene rings is 1. The van der Waals surface area contributed by atoms with Crippen molar-refractivity contribution < 1.29 is 14.3 Å². The summed E-state index contributed by atoms with van der Waals surface area (Å²) >= 11 is 0. The van der Waals surface area contributed by atoms with Crippen molar-refractivity contribution in [3.63, 3.8) is 0 Å². The lowest BCUT2D eigenvalue weighted by Gasteiger charge is -2.37. The summed E-state index contributed by atoms with van der Waals surface area (Å²) in [6.45, 7) is 7.31. The number of anilines is 1. The predicted octanol–water partition coefficient (Wildman–Crippen LogP) is 2.46. The van der Waals surface area contributed by atoms with Gasteiger partial charge < -0.3 is 19.4 Å². The molecular formula is C23H31N5O3. The van der Waals surface area contributed by atoms with E-state index in [9.17, 15) is 9.59 Å². The van der Waals surface area contributed by atoms with Gasteiger partial charge in [-0.05, 0) is 37.6 Å². The maximum absolute atomic E-state index is 12.9. The van der Waals surface area contributed by atoms with Crippen LogP contribution in [-0.2, 0) is 4.79 Å². The van der Waals surface area contributed by atoms with Crippen molar-refractivity contribution in [3.8, 4) is 5.75 Å². The molecular weight excluding hydrogens is 394 g/mol. The zero-order chi connectivity index (χ0) is 22.2. The van der Waals surface area contributed by atoms with E-state index in [1.165, 1.54) is 12.4 Å².